The molecule has 10 nitrogen and oxygen atoms in total. The standard InChI is InChI=1S/C36H40FN5O5/c1-36(2,3)47-35(45)39-24-13-16-41(20-24)31-27(37)19-25-30-33(31)46-29-18-23-12-8-7-11-22(23)17-28(29)42(30)21-26(32(25)43)34(44)38-14-9-6-10-15-40(4)5/h7-8,10-12,15,17-19,21,24H,6,9,13-14,16,20H2,1-5H3,(H,38,44)(H,39,45)/b15-10+/t24-/m1/s1. The van der Waals surface area contributed by atoms with Crippen LogP contribution in [0.1, 0.15) is 50.4 Å². The van der Waals surface area contributed by atoms with Crippen LogP contribution >= 0.6 is 0 Å². The number of nitrogens with zero attached hydrogens (tertiary/aromatic N) is 3. The third-order valence-electron chi connectivity index (χ3n) is 8.18. The molecule has 2 N–H and O–H groups in total. The van der Waals surface area contributed by atoms with Crippen molar-refractivity contribution in [3.05, 3.63) is 82.5 Å². The Bertz CT molecular complexity index is 1960. The predicted octanol–water partition coefficient (Wildman–Crippen LogP) is 6.08. The van der Waals surface area contributed by atoms with E-state index < -0.39 is 28.8 Å². The lowest BCUT2D eigenvalue weighted by atomic mass is 10.0. The molecule has 0 spiro atoms. The number of hydrogen-bond acceptors (Lipinski definition) is 7. The highest BCUT2D eigenvalue weighted by Crippen LogP contribution is 2.48. The Morgan fingerprint density at radius 2 is 1.89 bits per heavy atom. The summed E-state index contributed by atoms with van der Waals surface area (Å²) in [5.74, 6) is -0.511. The highest BCUT2D eigenvalue weighted by Gasteiger charge is 2.34. The zero-order valence-electron chi connectivity index (χ0n) is 27.4. The number of allylic oxidation sites excluding steroid dienone is 1. The first-order valence-electron chi connectivity index (χ1n) is 15.9. The second-order valence-electron chi connectivity index (χ2n) is 13.3. The first-order valence-corrected chi connectivity index (χ1v) is 15.9. The minimum Gasteiger partial charge on any atom is -0.451 e. The number of nitrogens with one attached hydrogen (secondary N) is 2. The summed E-state index contributed by atoms with van der Waals surface area (Å²) in [4.78, 5) is 43.4. The van der Waals surface area contributed by atoms with Crippen molar-refractivity contribution < 1.29 is 23.5 Å². The van der Waals surface area contributed by atoms with Gasteiger partial charge in [0.05, 0.1) is 17.1 Å². The summed E-state index contributed by atoms with van der Waals surface area (Å²) >= 11 is 0. The number of alkyl carbamates (subject to hydrolysis) is 1. The number of amides is 2. The maximum absolute atomic E-state index is 16.2. The van der Waals surface area contributed by atoms with Crippen molar-refractivity contribution in [3.63, 3.8) is 0 Å². The summed E-state index contributed by atoms with van der Waals surface area (Å²) in [6, 6.07) is 12.5. The maximum atomic E-state index is 16.2. The van der Waals surface area contributed by atoms with Gasteiger partial charge in [0.25, 0.3) is 5.91 Å². The Balaban J connectivity index is 1.40. The minimum atomic E-state index is -0.649. The van der Waals surface area contributed by atoms with Crippen LogP contribution in [-0.4, -0.2) is 66.8 Å². The van der Waals surface area contributed by atoms with Gasteiger partial charge in [-0.15, -0.1) is 0 Å². The second kappa shape index (κ2) is 12.6. The van der Waals surface area contributed by atoms with Crippen molar-refractivity contribution in [2.45, 2.75) is 51.7 Å². The Kier molecular flexibility index (Phi) is 8.57. The van der Waals surface area contributed by atoms with Gasteiger partial charge in [0.15, 0.2) is 17.3 Å². The minimum absolute atomic E-state index is 0.0456. The quantitative estimate of drug-likeness (QED) is 0.198. The third kappa shape index (κ3) is 6.61. The van der Waals surface area contributed by atoms with Crippen LogP contribution in [0, 0.1) is 5.82 Å². The first kappa shape index (κ1) is 31.9. The van der Waals surface area contributed by atoms with Crippen molar-refractivity contribution in [2.75, 3.05) is 38.6 Å². The number of benzene rings is 3. The van der Waals surface area contributed by atoms with E-state index in [-0.39, 0.29) is 28.4 Å². The molecule has 3 heterocycles. The molecule has 3 aromatic carbocycles. The summed E-state index contributed by atoms with van der Waals surface area (Å²) in [7, 11) is 3.87. The van der Waals surface area contributed by atoms with Crippen LogP contribution in [0.25, 0.3) is 27.4 Å². The average molecular weight is 642 g/mol. The molecule has 1 saturated heterocycles. The Hall–Kier alpha value is -5.06. The molecule has 2 amide bonds. The second-order valence-corrected chi connectivity index (χ2v) is 13.3. The molecule has 0 aliphatic carbocycles. The largest absolute Gasteiger partial charge is 0.451 e. The summed E-state index contributed by atoms with van der Waals surface area (Å²) in [5.41, 5.74) is -0.100. The number of ether oxygens (including phenoxy) is 2. The van der Waals surface area contributed by atoms with Gasteiger partial charge in [0.2, 0.25) is 5.43 Å². The van der Waals surface area contributed by atoms with Crippen molar-refractivity contribution in [1.29, 1.82) is 0 Å². The van der Waals surface area contributed by atoms with Crippen LogP contribution in [-0.2, 0) is 4.74 Å². The van der Waals surface area contributed by atoms with Gasteiger partial charge >= 0.3 is 6.09 Å². The lowest BCUT2D eigenvalue weighted by molar-refractivity contribution is 0.0508. The van der Waals surface area contributed by atoms with E-state index in [4.69, 9.17) is 9.47 Å². The van der Waals surface area contributed by atoms with Gasteiger partial charge in [-0.1, -0.05) is 30.3 Å². The summed E-state index contributed by atoms with van der Waals surface area (Å²) in [5, 5.41) is 7.65. The number of carbonyl (C=O) groups excluding carboxylic acids is 2. The highest BCUT2D eigenvalue weighted by atomic mass is 19.1. The molecule has 47 heavy (non-hydrogen) atoms. The molecule has 2 aliphatic heterocycles. The Labute approximate surface area is 272 Å². The summed E-state index contributed by atoms with van der Waals surface area (Å²) in [6.07, 6.45) is 6.99. The number of carbonyl (C=O) groups is 2. The number of unbranched alkanes of at least 4 members (excludes halogenated alkanes) is 1. The van der Waals surface area contributed by atoms with Gasteiger partial charge in [-0.3, -0.25) is 9.59 Å². The first-order chi connectivity index (χ1) is 22.4. The van der Waals surface area contributed by atoms with Crippen LogP contribution in [0.5, 0.6) is 11.5 Å². The molecular formula is C36H40FN5O5. The summed E-state index contributed by atoms with van der Waals surface area (Å²) in [6.45, 7) is 6.52. The molecule has 1 fully saturated rings. The van der Waals surface area contributed by atoms with E-state index in [1.54, 1.807) is 25.3 Å². The zero-order valence-corrected chi connectivity index (χ0v) is 27.4. The molecule has 1 atom stereocenters. The van der Waals surface area contributed by atoms with Crippen LogP contribution in [0.2, 0.25) is 0 Å². The Morgan fingerprint density at radius 1 is 1.15 bits per heavy atom. The van der Waals surface area contributed by atoms with Crippen LogP contribution in [0.4, 0.5) is 14.9 Å². The number of anilines is 1. The van der Waals surface area contributed by atoms with E-state index in [1.165, 1.54) is 12.3 Å². The van der Waals surface area contributed by atoms with E-state index in [0.717, 1.165) is 17.2 Å². The molecule has 6 rings (SSSR count). The number of aromatic nitrogens is 1. The van der Waals surface area contributed by atoms with Crippen molar-refractivity contribution in [3.8, 4) is 17.2 Å². The Morgan fingerprint density at radius 3 is 2.62 bits per heavy atom. The molecule has 4 aromatic rings. The maximum Gasteiger partial charge on any atom is 0.407 e. The van der Waals surface area contributed by atoms with E-state index >= 15 is 4.39 Å². The fourth-order valence-electron chi connectivity index (χ4n) is 6.10. The molecule has 0 saturated carbocycles. The fourth-order valence-corrected chi connectivity index (χ4v) is 6.10. The van der Waals surface area contributed by atoms with E-state index in [1.807, 2.05) is 72.6 Å². The molecule has 0 bridgehead atoms. The van der Waals surface area contributed by atoms with Gasteiger partial charge < -0.3 is 34.5 Å². The van der Waals surface area contributed by atoms with Crippen LogP contribution in [0.15, 0.2) is 65.7 Å². The molecule has 2 aliphatic rings. The molecule has 1 aromatic heterocycles. The molecule has 11 heteroatoms. The number of hydrogen-bond donors (Lipinski definition) is 2. The van der Waals surface area contributed by atoms with Crippen molar-refractivity contribution in [1.82, 2.24) is 20.1 Å². The van der Waals surface area contributed by atoms with Gasteiger partial charge in [0.1, 0.15) is 22.4 Å². The predicted molar refractivity (Wildman–Crippen MR) is 181 cm³/mol. The molecule has 0 radical (unpaired) electrons. The van der Waals surface area contributed by atoms with Gasteiger partial charge in [0, 0.05) is 39.9 Å². The van der Waals surface area contributed by atoms with Gasteiger partial charge in [-0.2, -0.15) is 0 Å². The van der Waals surface area contributed by atoms with E-state index in [9.17, 15) is 14.4 Å². The smallest absolute Gasteiger partial charge is 0.407 e. The number of pyridine rings is 1. The van der Waals surface area contributed by atoms with E-state index in [0.29, 0.717) is 49.4 Å². The lowest BCUT2D eigenvalue weighted by Gasteiger charge is -2.29. The SMILES string of the molecule is CN(C)/C=C/CCCNC(=O)c1cn2c3c(c(N4CC[C@@H](NC(=O)OC(C)(C)C)C4)c(F)cc3c1=O)Oc1cc3ccccc3cc1-2. The lowest BCUT2D eigenvalue weighted by Crippen LogP contribution is -2.40. The molecule has 0 unspecified atom stereocenters. The molecule has 246 valence electrons. The fraction of sp³-hybridized carbons (Fsp3) is 0.361. The summed E-state index contributed by atoms with van der Waals surface area (Å²) < 4.78 is 29.9. The van der Waals surface area contributed by atoms with Crippen molar-refractivity contribution >= 4 is 39.4 Å². The van der Waals surface area contributed by atoms with Crippen LogP contribution in [0.3, 0.4) is 0 Å². The van der Waals surface area contributed by atoms with Crippen molar-refractivity contribution in [2.24, 2.45) is 0 Å². The monoisotopic (exact) mass is 641 g/mol. The third-order valence-corrected chi connectivity index (χ3v) is 8.18. The average Bonchev–Trinajstić information content (AvgIpc) is 3.45. The van der Waals surface area contributed by atoms with Gasteiger partial charge in [-0.05, 0) is 75.2 Å². The zero-order chi connectivity index (χ0) is 33.5. The number of halogens is 1. The number of fused-ring (bicyclic) bond motifs is 3. The topological polar surface area (TPSA) is 105 Å². The number of rotatable bonds is 8. The highest BCUT2D eigenvalue weighted by molar-refractivity contribution is 6.02. The molecular weight excluding hydrogens is 601 g/mol. The van der Waals surface area contributed by atoms with Crippen LogP contribution < -0.4 is 25.7 Å². The normalized spacial score (nSPS) is 15.5. The van der Waals surface area contributed by atoms with E-state index in [2.05, 4.69) is 10.6 Å². The van der Waals surface area contributed by atoms with Gasteiger partial charge in [-0.25, -0.2) is 9.18 Å².